The van der Waals surface area contributed by atoms with E-state index in [0.29, 0.717) is 30.3 Å². The predicted octanol–water partition coefficient (Wildman–Crippen LogP) is 6.73. The molecule has 5 fully saturated rings. The van der Waals surface area contributed by atoms with E-state index in [1.165, 1.54) is 23.3 Å². The highest BCUT2D eigenvalue weighted by atomic mass is 32.1. The Morgan fingerprint density at radius 1 is 0.721 bits per heavy atom. The zero-order chi connectivity index (χ0) is 47.7. The van der Waals surface area contributed by atoms with Gasteiger partial charge in [-0.3, -0.25) is 24.0 Å². The van der Waals surface area contributed by atoms with E-state index in [2.05, 4.69) is 55.3 Å². The van der Waals surface area contributed by atoms with E-state index < -0.39 is 18.1 Å². The van der Waals surface area contributed by atoms with Crippen LogP contribution in [0.1, 0.15) is 148 Å². The van der Waals surface area contributed by atoms with Crippen molar-refractivity contribution in [2.45, 2.75) is 160 Å². The molecule has 8 rings (SSSR count). The lowest BCUT2D eigenvalue weighted by Crippen LogP contribution is -2.58. The number of aromatic nitrogens is 1. The minimum Gasteiger partial charge on any atom is -0.343 e. The van der Waals surface area contributed by atoms with Gasteiger partial charge in [0.25, 0.3) is 0 Å². The van der Waals surface area contributed by atoms with Crippen molar-refractivity contribution in [1.29, 1.82) is 0 Å². The van der Waals surface area contributed by atoms with Crippen molar-refractivity contribution in [2.24, 2.45) is 17.8 Å². The highest BCUT2D eigenvalue weighted by molar-refractivity contribution is 7.10. The Hall–Kier alpha value is -4.50. The number of fused-ring (bicyclic) bond motifs is 1. The third kappa shape index (κ3) is 12.1. The molecule has 2 saturated carbocycles. The van der Waals surface area contributed by atoms with Crippen LogP contribution in [0.2, 0.25) is 0 Å². The van der Waals surface area contributed by atoms with Crippen molar-refractivity contribution in [3.8, 4) is 0 Å². The highest BCUT2D eigenvalue weighted by Crippen LogP contribution is 2.38. The van der Waals surface area contributed by atoms with Crippen LogP contribution in [0.15, 0.2) is 53.9 Å². The molecular weight excluding hydrogens is 873 g/mol. The number of aryl methyl sites for hydroxylation is 1. The Balaban J connectivity index is 0.826. The fourth-order valence-electron chi connectivity index (χ4n) is 11.7. The third-order valence-corrected chi connectivity index (χ3v) is 17.0. The molecule has 5 aliphatic rings. The van der Waals surface area contributed by atoms with Gasteiger partial charge in [-0.05, 0) is 127 Å². The van der Waals surface area contributed by atoms with Crippen LogP contribution in [0.5, 0.6) is 0 Å². The second-order valence-electron chi connectivity index (χ2n) is 20.6. The average Bonchev–Trinajstić information content (AvgIpc) is 4.17. The summed E-state index contributed by atoms with van der Waals surface area (Å²) in [5.41, 5.74) is 4.37. The Morgan fingerprint density at radius 3 is 2.01 bits per heavy atom. The minimum absolute atomic E-state index is 0.0422. The molecule has 0 unspecified atom stereocenters. The summed E-state index contributed by atoms with van der Waals surface area (Å²) in [5, 5.41) is 15.5. The minimum atomic E-state index is -0.610. The summed E-state index contributed by atoms with van der Waals surface area (Å²) in [7, 11) is 1.78. The zero-order valence-electron chi connectivity index (χ0n) is 41.0. The van der Waals surface area contributed by atoms with Crippen LogP contribution in [0.4, 0.5) is 0 Å². The molecule has 7 atom stereocenters. The first-order chi connectivity index (χ1) is 33.0. The maximum atomic E-state index is 14.5. The standard InChI is InChI=1S/C54H76N8O5S/c1-35-13-11-18-43(31-35)49(63)44-34-68-52(57-44)45-19-12-27-61(45)53(66)47(41-14-7-5-8-15-41)59-51(65)37(3)56-32-39-22-20-38(21-23-39)24-28-60-29-25-40-26-30-62(46(40)33-60)54(67)48(42-16-9-6-10-17-42)58-50(64)36(2)55-4/h11,13,18,20-23,31,34,36-37,40-42,45-48,55-56H,5-10,12,14-17,19,24-30,32-33H2,1-4H3,(H,58,64)(H,59,65)/t36-,37-,40+,45-,46+,47-,48-/m0/s1. The Labute approximate surface area is 408 Å². The molecular formula is C54H76N8O5S. The average molecular weight is 949 g/mol. The molecule has 14 heteroatoms. The summed E-state index contributed by atoms with van der Waals surface area (Å²) >= 11 is 1.44. The van der Waals surface area contributed by atoms with Gasteiger partial charge < -0.3 is 36.0 Å². The lowest BCUT2D eigenvalue weighted by atomic mass is 9.83. The number of amides is 4. The summed E-state index contributed by atoms with van der Waals surface area (Å²) in [5.74, 6) is 0.461. The maximum absolute atomic E-state index is 14.5. The van der Waals surface area contributed by atoms with Gasteiger partial charge in [0.1, 0.15) is 22.8 Å². The molecule has 1 aromatic heterocycles. The van der Waals surface area contributed by atoms with Crippen molar-refractivity contribution in [1.82, 2.24) is 41.0 Å². The molecule has 68 heavy (non-hydrogen) atoms. The smallest absolute Gasteiger partial charge is 0.246 e. The van der Waals surface area contributed by atoms with Crippen LogP contribution in [-0.2, 0) is 32.1 Å². The van der Waals surface area contributed by atoms with Gasteiger partial charge in [0.05, 0.1) is 18.1 Å². The summed E-state index contributed by atoms with van der Waals surface area (Å²) in [6.45, 7) is 10.4. The fraction of sp³-hybridized carbons (Fsp3) is 0.630. The summed E-state index contributed by atoms with van der Waals surface area (Å²) in [4.78, 5) is 80.5. The van der Waals surface area contributed by atoms with Gasteiger partial charge in [-0.1, -0.05) is 86.6 Å². The van der Waals surface area contributed by atoms with Gasteiger partial charge >= 0.3 is 0 Å². The van der Waals surface area contributed by atoms with Crippen molar-refractivity contribution in [3.05, 3.63) is 86.9 Å². The van der Waals surface area contributed by atoms with Crippen molar-refractivity contribution >= 4 is 40.7 Å². The van der Waals surface area contributed by atoms with E-state index in [1.54, 1.807) is 7.05 Å². The van der Waals surface area contributed by atoms with Crippen LogP contribution in [0.3, 0.4) is 0 Å². The number of benzene rings is 2. The van der Waals surface area contributed by atoms with Gasteiger partial charge in [-0.15, -0.1) is 11.3 Å². The van der Waals surface area contributed by atoms with Crippen LogP contribution in [-0.4, -0.2) is 119 Å². The van der Waals surface area contributed by atoms with Crippen molar-refractivity contribution in [3.63, 3.8) is 0 Å². The van der Waals surface area contributed by atoms with Gasteiger partial charge in [0, 0.05) is 49.7 Å². The number of carbonyl (C=O) groups excluding carboxylic acids is 5. The van der Waals surface area contributed by atoms with Gasteiger partial charge in [-0.25, -0.2) is 4.98 Å². The molecule has 0 radical (unpaired) electrons. The number of piperidine rings is 1. The molecule has 3 aromatic rings. The van der Waals surface area contributed by atoms with Crippen LogP contribution in [0.25, 0.3) is 0 Å². The van der Waals surface area contributed by atoms with Crippen LogP contribution >= 0.6 is 11.3 Å². The molecule has 13 nitrogen and oxygen atoms in total. The Kier molecular flexibility index (Phi) is 17.2. The lowest BCUT2D eigenvalue weighted by Gasteiger charge is -2.41. The molecule has 2 aromatic carbocycles. The zero-order valence-corrected chi connectivity index (χ0v) is 41.8. The fourth-order valence-corrected chi connectivity index (χ4v) is 12.6. The molecule has 2 aliphatic carbocycles. The summed E-state index contributed by atoms with van der Waals surface area (Å²) < 4.78 is 0. The van der Waals surface area contributed by atoms with E-state index >= 15 is 0 Å². The SMILES string of the molecule is CN[C@@H](C)C(=O)N[C@H](C(=O)N1CC[C@H]2CCN(CCc3ccc(CN[C@@H](C)C(=O)N[C@H](C(=O)N4CCC[C@H]4c4nc(C(=O)c5cccc(C)c5)cs4)C4CCCCC4)cc3)C[C@H]21)C1CCCCC1. The number of nitrogens with zero attached hydrogens (tertiary/aromatic N) is 4. The Morgan fingerprint density at radius 2 is 1.35 bits per heavy atom. The van der Waals surface area contributed by atoms with Gasteiger partial charge in [0.2, 0.25) is 29.4 Å². The molecule has 3 aliphatic heterocycles. The second kappa shape index (κ2) is 23.4. The number of hydrogen-bond donors (Lipinski definition) is 4. The van der Waals surface area contributed by atoms with E-state index in [4.69, 9.17) is 4.98 Å². The van der Waals surface area contributed by atoms with Gasteiger partial charge in [0.15, 0.2) is 0 Å². The number of nitrogens with one attached hydrogen (secondary N) is 4. The van der Waals surface area contributed by atoms with E-state index in [1.807, 2.05) is 55.3 Å². The first-order valence-corrected chi connectivity index (χ1v) is 26.8. The quantitative estimate of drug-likeness (QED) is 0.102. The number of rotatable bonds is 18. The number of likely N-dealkylation sites (tertiary alicyclic amines) is 3. The number of hydrogen-bond acceptors (Lipinski definition) is 10. The summed E-state index contributed by atoms with van der Waals surface area (Å²) in [6.07, 6.45) is 15.1. The topological polar surface area (TPSA) is 156 Å². The number of thiazole rings is 1. The van der Waals surface area contributed by atoms with E-state index in [9.17, 15) is 24.0 Å². The van der Waals surface area contributed by atoms with E-state index in [0.717, 1.165) is 132 Å². The molecule has 3 saturated heterocycles. The van der Waals surface area contributed by atoms with Crippen molar-refractivity contribution in [2.75, 3.05) is 39.8 Å². The monoisotopic (exact) mass is 949 g/mol. The number of ketones is 1. The number of likely N-dealkylation sites (N-methyl/N-ethyl adjacent to an activating group) is 1. The molecule has 4 N–H and O–H groups in total. The normalized spacial score (nSPS) is 23.4. The second-order valence-corrected chi connectivity index (χ2v) is 21.5. The molecule has 368 valence electrons. The predicted molar refractivity (Wildman–Crippen MR) is 267 cm³/mol. The molecule has 4 amide bonds. The Bertz CT molecular complexity index is 2200. The molecule has 4 heterocycles. The highest BCUT2D eigenvalue weighted by Gasteiger charge is 2.45. The lowest BCUT2D eigenvalue weighted by molar-refractivity contribution is -0.140. The van der Waals surface area contributed by atoms with E-state index in [-0.39, 0.29) is 59.4 Å². The van der Waals surface area contributed by atoms with Crippen molar-refractivity contribution < 1.29 is 24.0 Å². The molecule has 0 spiro atoms. The maximum Gasteiger partial charge on any atom is 0.246 e. The van der Waals surface area contributed by atoms with Gasteiger partial charge in [-0.2, -0.15) is 0 Å². The summed E-state index contributed by atoms with van der Waals surface area (Å²) in [6, 6.07) is 14.2. The first-order valence-electron chi connectivity index (χ1n) is 26.0. The first kappa shape index (κ1) is 49.9. The largest absolute Gasteiger partial charge is 0.343 e. The van der Waals surface area contributed by atoms with Crippen LogP contribution in [0, 0.1) is 24.7 Å². The molecule has 0 bridgehead atoms. The third-order valence-electron chi connectivity index (χ3n) is 16.0. The van der Waals surface area contributed by atoms with Crippen LogP contribution < -0.4 is 21.3 Å². The number of carbonyl (C=O) groups is 5.